The molecule has 6 fully saturated rings. The third-order valence-corrected chi connectivity index (χ3v) is 13.7. The summed E-state index contributed by atoms with van der Waals surface area (Å²) in [5.41, 5.74) is -1.21. The van der Waals surface area contributed by atoms with Gasteiger partial charge in [-0.05, 0) is 105 Å². The smallest absolute Gasteiger partial charge is 0.203 e. The highest BCUT2D eigenvalue weighted by Crippen LogP contribution is 2.88. The molecule has 1 saturated heterocycles. The lowest BCUT2D eigenvalue weighted by atomic mass is 9.45. The summed E-state index contributed by atoms with van der Waals surface area (Å²) in [7, 11) is 0. The molecule has 5 saturated carbocycles. The first-order valence-corrected chi connectivity index (χ1v) is 15.1. The number of ether oxygens (including phenoxy) is 2. The van der Waals surface area contributed by atoms with Crippen LogP contribution in [-0.2, 0) is 9.47 Å². The summed E-state index contributed by atoms with van der Waals surface area (Å²) in [6.07, 6.45) is 7.26. The van der Waals surface area contributed by atoms with Crippen molar-refractivity contribution in [2.24, 2.45) is 56.2 Å². The molecule has 3 spiro atoms. The van der Waals surface area contributed by atoms with E-state index in [4.69, 9.17) is 14.5 Å². The molecule has 0 aromatic heterocycles. The fraction of sp³-hybridized carbons (Fsp3) is 0.968. The average molecular weight is 516 g/mol. The van der Waals surface area contributed by atoms with Crippen molar-refractivity contribution in [3.63, 3.8) is 0 Å². The normalized spacial score (nSPS) is 57.9. The molecular weight excluding hydrogens is 466 g/mol. The first-order valence-electron chi connectivity index (χ1n) is 15.1. The molecule has 5 aliphatic carbocycles. The minimum absolute atomic E-state index is 0.0139. The molecule has 2 aliphatic heterocycles. The van der Waals surface area contributed by atoms with Crippen molar-refractivity contribution < 1.29 is 24.8 Å². The van der Waals surface area contributed by atoms with Gasteiger partial charge >= 0.3 is 0 Å². The van der Waals surface area contributed by atoms with Crippen LogP contribution < -0.4 is 0 Å². The van der Waals surface area contributed by atoms with Crippen LogP contribution in [0.5, 0.6) is 0 Å². The number of nitrogens with zero attached hydrogens (tertiary/aromatic N) is 1. The summed E-state index contributed by atoms with van der Waals surface area (Å²) in [5.74, 6) is 2.84. The minimum atomic E-state index is -1.24. The standard InChI is InChI=1S/C31H49NO5/c1-16-14-19(24(34)27(5,6)35)37-31-23(16)28(7)12-13-29-15-30(29)11-10-21(33)26(3,4)20(30)9-8-18(29)22(28)25(31)36-17(2)32-31/h16,18-25,33-35H,8-15H2,1-7H3. The topological polar surface area (TPSA) is 91.5 Å². The Kier molecular flexibility index (Phi) is 4.88. The van der Waals surface area contributed by atoms with E-state index in [9.17, 15) is 15.3 Å². The van der Waals surface area contributed by atoms with Gasteiger partial charge in [0.2, 0.25) is 5.72 Å². The van der Waals surface area contributed by atoms with Gasteiger partial charge in [0.05, 0.1) is 17.8 Å². The van der Waals surface area contributed by atoms with E-state index >= 15 is 0 Å². The number of hydrogen-bond donors (Lipinski definition) is 3. The zero-order valence-electron chi connectivity index (χ0n) is 24.0. The molecule has 37 heavy (non-hydrogen) atoms. The van der Waals surface area contributed by atoms with Crippen molar-refractivity contribution in [1.29, 1.82) is 0 Å². The second-order valence-electron chi connectivity index (χ2n) is 16.0. The molecular formula is C31H49NO5. The van der Waals surface area contributed by atoms with Crippen LogP contribution >= 0.6 is 0 Å². The molecule has 0 bridgehead atoms. The highest BCUT2D eigenvalue weighted by atomic mass is 16.6. The molecule has 13 unspecified atom stereocenters. The Morgan fingerprint density at radius 3 is 2.49 bits per heavy atom. The minimum Gasteiger partial charge on any atom is -0.472 e. The lowest BCUT2D eigenvalue weighted by Gasteiger charge is -2.59. The molecule has 6 nitrogen and oxygen atoms in total. The number of rotatable bonds is 2. The van der Waals surface area contributed by atoms with Gasteiger partial charge in [-0.15, -0.1) is 0 Å². The van der Waals surface area contributed by atoms with E-state index in [1.165, 1.54) is 38.5 Å². The van der Waals surface area contributed by atoms with Crippen molar-refractivity contribution in [2.45, 2.75) is 136 Å². The molecule has 0 radical (unpaired) electrons. The Morgan fingerprint density at radius 1 is 1.05 bits per heavy atom. The first kappa shape index (κ1) is 25.3. The summed E-state index contributed by atoms with van der Waals surface area (Å²) in [5, 5.41) is 32.7. The van der Waals surface area contributed by atoms with Gasteiger partial charge in [0, 0.05) is 18.8 Å². The molecule has 208 valence electrons. The largest absolute Gasteiger partial charge is 0.472 e. The lowest BCUT2D eigenvalue weighted by molar-refractivity contribution is -0.240. The van der Waals surface area contributed by atoms with Crippen molar-refractivity contribution >= 4 is 5.90 Å². The van der Waals surface area contributed by atoms with Crippen LogP contribution in [0.4, 0.5) is 0 Å². The highest BCUT2D eigenvalue weighted by molar-refractivity contribution is 5.76. The zero-order chi connectivity index (χ0) is 26.6. The van der Waals surface area contributed by atoms with Gasteiger partial charge in [-0.3, -0.25) is 0 Å². The quantitative estimate of drug-likeness (QED) is 0.496. The van der Waals surface area contributed by atoms with Crippen LogP contribution in [0.15, 0.2) is 4.99 Å². The van der Waals surface area contributed by atoms with Crippen molar-refractivity contribution in [3.8, 4) is 0 Å². The number of hydrogen-bond acceptors (Lipinski definition) is 6. The maximum atomic E-state index is 11.1. The molecule has 0 aromatic rings. The fourth-order valence-corrected chi connectivity index (χ4v) is 12.4. The van der Waals surface area contributed by atoms with Gasteiger partial charge in [-0.25, -0.2) is 4.99 Å². The predicted octanol–water partition coefficient (Wildman–Crippen LogP) is 4.69. The van der Waals surface area contributed by atoms with Crippen LogP contribution in [0.2, 0.25) is 0 Å². The Hall–Kier alpha value is -0.690. The molecule has 0 aromatic carbocycles. The molecule has 6 heteroatoms. The van der Waals surface area contributed by atoms with Crippen LogP contribution in [0, 0.1) is 51.2 Å². The van der Waals surface area contributed by atoms with Crippen LogP contribution in [0.1, 0.15) is 99.8 Å². The Labute approximate surface area is 222 Å². The molecule has 13 atom stereocenters. The van der Waals surface area contributed by atoms with Gasteiger partial charge < -0.3 is 24.8 Å². The highest BCUT2D eigenvalue weighted by Gasteiger charge is 2.84. The maximum Gasteiger partial charge on any atom is 0.203 e. The van der Waals surface area contributed by atoms with Gasteiger partial charge in [0.25, 0.3) is 0 Å². The third-order valence-electron chi connectivity index (χ3n) is 13.7. The van der Waals surface area contributed by atoms with Crippen LogP contribution in [0.3, 0.4) is 0 Å². The molecule has 0 amide bonds. The van der Waals surface area contributed by atoms with Crippen molar-refractivity contribution in [3.05, 3.63) is 0 Å². The second-order valence-corrected chi connectivity index (χ2v) is 16.0. The summed E-state index contributed by atoms with van der Waals surface area (Å²) < 4.78 is 13.6. The molecule has 3 N–H and O–H groups in total. The van der Waals surface area contributed by atoms with E-state index in [1.807, 2.05) is 6.92 Å². The summed E-state index contributed by atoms with van der Waals surface area (Å²) in [6.45, 7) is 14.8. The summed E-state index contributed by atoms with van der Waals surface area (Å²) in [4.78, 5) is 5.17. The SMILES string of the molecule is CC1=NC23OC(C(O)C(C)(C)O)CC(C)C2C2(C)CCC45CC46CCC(O)C(C)(C)C6CCC5C2C3O1. The van der Waals surface area contributed by atoms with Gasteiger partial charge in [-0.2, -0.15) is 0 Å². The van der Waals surface area contributed by atoms with Gasteiger partial charge in [-0.1, -0.05) is 27.7 Å². The number of aliphatic hydroxyl groups is 3. The predicted molar refractivity (Wildman–Crippen MR) is 141 cm³/mol. The van der Waals surface area contributed by atoms with E-state index < -0.39 is 23.5 Å². The van der Waals surface area contributed by atoms with E-state index in [0.717, 1.165) is 12.8 Å². The van der Waals surface area contributed by atoms with Crippen molar-refractivity contribution in [2.75, 3.05) is 0 Å². The van der Waals surface area contributed by atoms with E-state index in [-0.39, 0.29) is 29.0 Å². The number of fused-ring (bicyclic) bond motifs is 4. The van der Waals surface area contributed by atoms with Gasteiger partial charge in [0.1, 0.15) is 6.10 Å². The third kappa shape index (κ3) is 2.80. The second kappa shape index (κ2) is 7.14. The van der Waals surface area contributed by atoms with Crippen LogP contribution in [-0.4, -0.2) is 57.0 Å². The van der Waals surface area contributed by atoms with Gasteiger partial charge in [0.15, 0.2) is 12.0 Å². The number of aliphatic hydroxyl groups excluding tert-OH is 2. The zero-order valence-corrected chi connectivity index (χ0v) is 24.0. The average Bonchev–Trinajstić information content (AvgIpc) is 3.29. The van der Waals surface area contributed by atoms with E-state index in [2.05, 4.69) is 27.7 Å². The molecule has 7 aliphatic rings. The van der Waals surface area contributed by atoms with E-state index in [0.29, 0.717) is 40.4 Å². The monoisotopic (exact) mass is 515 g/mol. The molecule has 2 heterocycles. The Balaban J connectivity index is 1.29. The maximum absolute atomic E-state index is 11.1. The first-order chi connectivity index (χ1) is 17.1. The lowest BCUT2D eigenvalue weighted by Crippen LogP contribution is -2.59. The fourth-order valence-electron chi connectivity index (χ4n) is 12.4. The van der Waals surface area contributed by atoms with Crippen LogP contribution in [0.25, 0.3) is 0 Å². The molecule has 7 rings (SSSR count). The van der Waals surface area contributed by atoms with Crippen molar-refractivity contribution in [1.82, 2.24) is 0 Å². The summed E-state index contributed by atoms with van der Waals surface area (Å²) in [6, 6.07) is 0. The Bertz CT molecular complexity index is 1040. The van der Waals surface area contributed by atoms with E-state index in [1.54, 1.807) is 13.8 Å². The Morgan fingerprint density at radius 2 is 1.78 bits per heavy atom. The summed E-state index contributed by atoms with van der Waals surface area (Å²) >= 11 is 0. The number of aliphatic imine (C=N–C) groups is 1.